The molecule has 2 fully saturated rings. The van der Waals surface area contributed by atoms with Crippen LogP contribution in [-0.4, -0.2) is 77.6 Å². The van der Waals surface area contributed by atoms with Crippen molar-refractivity contribution < 1.29 is 19.1 Å². The van der Waals surface area contributed by atoms with E-state index in [1.807, 2.05) is 6.92 Å². The fourth-order valence-electron chi connectivity index (χ4n) is 5.39. The Hall–Kier alpha value is -2.19. The van der Waals surface area contributed by atoms with E-state index in [1.165, 1.54) is 6.07 Å². The smallest absolute Gasteiger partial charge is 0.248 e. The van der Waals surface area contributed by atoms with Crippen LogP contribution in [-0.2, 0) is 16.0 Å². The minimum absolute atomic E-state index is 0.0618. The maximum Gasteiger partial charge on any atom is 0.248 e. The lowest BCUT2D eigenvalue weighted by Crippen LogP contribution is -2.49. The molecule has 3 N–H and O–H groups in total. The van der Waals surface area contributed by atoms with E-state index in [0.717, 1.165) is 56.4 Å². The quantitative estimate of drug-likeness (QED) is 0.656. The molecule has 2 aliphatic heterocycles. The summed E-state index contributed by atoms with van der Waals surface area (Å²) in [7, 11) is 1.76. The molecule has 0 bridgehead atoms. The maximum atomic E-state index is 14.1. The zero-order valence-electron chi connectivity index (χ0n) is 18.4. The number of benzene rings is 1. The van der Waals surface area contributed by atoms with Gasteiger partial charge in [0.25, 0.3) is 0 Å². The van der Waals surface area contributed by atoms with Crippen molar-refractivity contribution in [2.75, 3.05) is 32.1 Å². The topological polar surface area (TPSA) is 84.9 Å². The Labute approximate surface area is 183 Å². The molecule has 31 heavy (non-hydrogen) atoms. The van der Waals surface area contributed by atoms with Crippen LogP contribution >= 0.6 is 0 Å². The molecule has 1 aliphatic carbocycles. The van der Waals surface area contributed by atoms with Crippen molar-refractivity contribution in [3.63, 3.8) is 0 Å². The number of carbonyl (C=O) groups excluding carboxylic acids is 2. The lowest BCUT2D eigenvalue weighted by Gasteiger charge is -2.36. The third-order valence-corrected chi connectivity index (χ3v) is 7.29. The summed E-state index contributed by atoms with van der Waals surface area (Å²) in [5.74, 6) is -0.556. The number of likely N-dealkylation sites (tertiary alicyclic amines) is 1. The van der Waals surface area contributed by atoms with Crippen LogP contribution in [0.1, 0.15) is 43.2 Å². The summed E-state index contributed by atoms with van der Waals surface area (Å²) >= 11 is 0. The highest BCUT2D eigenvalue weighted by Crippen LogP contribution is 2.32. The molecule has 2 amide bonds. The molecule has 0 aromatic heterocycles. The van der Waals surface area contributed by atoms with Gasteiger partial charge in [-0.05, 0) is 50.7 Å². The third-order valence-electron chi connectivity index (χ3n) is 7.29. The zero-order chi connectivity index (χ0) is 22.1. The number of carbonyl (C=O) groups is 2. The van der Waals surface area contributed by atoms with Gasteiger partial charge >= 0.3 is 0 Å². The molecule has 0 spiro atoms. The van der Waals surface area contributed by atoms with E-state index >= 15 is 0 Å². The summed E-state index contributed by atoms with van der Waals surface area (Å²) in [4.78, 5) is 28.8. The third kappa shape index (κ3) is 4.55. The minimum Gasteiger partial charge on any atom is -0.387 e. The minimum atomic E-state index is -0.451. The van der Waals surface area contributed by atoms with Crippen LogP contribution in [0.15, 0.2) is 12.1 Å². The number of aliphatic hydroxyl groups is 1. The summed E-state index contributed by atoms with van der Waals surface area (Å²) in [6.45, 7) is 3.21. The SMILES string of the molecule is Cc1ccc(F)c2c1NC(C(=O)N[C@@H]1CCCC(N3CC[C@H](N(C)C(=O)CO)C3)C1)C2. The lowest BCUT2D eigenvalue weighted by molar-refractivity contribution is -0.134. The number of halogens is 1. The fourth-order valence-corrected chi connectivity index (χ4v) is 5.39. The molecular weight excluding hydrogens is 399 g/mol. The van der Waals surface area contributed by atoms with Crippen LogP contribution in [0.5, 0.6) is 0 Å². The maximum absolute atomic E-state index is 14.1. The summed E-state index contributed by atoms with van der Waals surface area (Å²) in [6, 6.07) is 3.40. The van der Waals surface area contributed by atoms with Crippen LogP contribution in [0.25, 0.3) is 0 Å². The number of nitrogens with zero attached hydrogens (tertiary/aromatic N) is 2. The van der Waals surface area contributed by atoms with Crippen molar-refractivity contribution in [2.24, 2.45) is 0 Å². The monoisotopic (exact) mass is 432 g/mol. The molecule has 0 radical (unpaired) electrons. The first-order valence-corrected chi connectivity index (χ1v) is 11.3. The lowest BCUT2D eigenvalue weighted by atomic mass is 9.89. The van der Waals surface area contributed by atoms with Crippen LogP contribution in [0.2, 0.25) is 0 Å². The van der Waals surface area contributed by atoms with Gasteiger partial charge in [-0.2, -0.15) is 0 Å². The van der Waals surface area contributed by atoms with Crippen LogP contribution < -0.4 is 10.6 Å². The molecule has 7 nitrogen and oxygen atoms in total. The molecule has 2 heterocycles. The Bertz CT molecular complexity index is 817. The first-order valence-electron chi connectivity index (χ1n) is 11.3. The Morgan fingerprint density at radius 1 is 1.32 bits per heavy atom. The largest absolute Gasteiger partial charge is 0.387 e. The number of amides is 2. The van der Waals surface area contributed by atoms with Crippen LogP contribution in [0.4, 0.5) is 10.1 Å². The predicted molar refractivity (Wildman–Crippen MR) is 116 cm³/mol. The summed E-state index contributed by atoms with van der Waals surface area (Å²) in [5.41, 5.74) is 2.32. The van der Waals surface area contributed by atoms with Crippen LogP contribution in [0.3, 0.4) is 0 Å². The van der Waals surface area contributed by atoms with Gasteiger partial charge in [-0.1, -0.05) is 6.07 Å². The van der Waals surface area contributed by atoms with E-state index in [2.05, 4.69) is 15.5 Å². The second-order valence-corrected chi connectivity index (χ2v) is 9.25. The van der Waals surface area contributed by atoms with E-state index in [0.29, 0.717) is 18.0 Å². The molecule has 4 atom stereocenters. The van der Waals surface area contributed by atoms with E-state index in [9.17, 15) is 14.0 Å². The Morgan fingerprint density at radius 3 is 2.87 bits per heavy atom. The Balaban J connectivity index is 1.31. The van der Waals surface area contributed by atoms with E-state index < -0.39 is 12.6 Å². The van der Waals surface area contributed by atoms with Crippen LogP contribution in [0, 0.1) is 12.7 Å². The van der Waals surface area contributed by atoms with Crippen molar-refractivity contribution in [1.29, 1.82) is 0 Å². The number of hydrogen-bond acceptors (Lipinski definition) is 5. The van der Waals surface area contributed by atoms with Gasteiger partial charge in [-0.15, -0.1) is 0 Å². The van der Waals surface area contributed by atoms with E-state index in [4.69, 9.17) is 5.11 Å². The number of fused-ring (bicyclic) bond motifs is 1. The van der Waals surface area contributed by atoms with Crippen molar-refractivity contribution in [2.45, 2.75) is 69.6 Å². The van der Waals surface area contributed by atoms with Gasteiger partial charge in [-0.25, -0.2) is 4.39 Å². The summed E-state index contributed by atoms with van der Waals surface area (Å²) < 4.78 is 14.1. The van der Waals surface area contributed by atoms with Gasteiger partial charge in [0, 0.05) is 55.9 Å². The average Bonchev–Trinajstić information content (AvgIpc) is 3.44. The number of hydrogen-bond donors (Lipinski definition) is 3. The van der Waals surface area contributed by atoms with Gasteiger partial charge in [0.1, 0.15) is 18.5 Å². The predicted octanol–water partition coefficient (Wildman–Crippen LogP) is 1.42. The molecular formula is C23H33FN4O3. The standard InChI is InChI=1S/C23H33FN4O3/c1-14-6-7-19(24)18-11-20(26-22(14)18)23(31)25-15-4-3-5-16(10-15)28-9-8-17(12-28)27(2)21(30)13-29/h6-7,15-17,20,26,29H,3-5,8-13H2,1-2H3,(H,25,31)/t15-,16?,17+,20?/m1/s1. The Morgan fingerprint density at radius 2 is 2.13 bits per heavy atom. The molecule has 2 unspecified atom stereocenters. The highest BCUT2D eigenvalue weighted by Gasteiger charge is 2.36. The zero-order valence-corrected chi connectivity index (χ0v) is 18.4. The van der Waals surface area contributed by atoms with Crippen molar-refractivity contribution in [3.8, 4) is 0 Å². The molecule has 3 aliphatic rings. The van der Waals surface area contributed by atoms with Gasteiger partial charge in [0.05, 0.1) is 0 Å². The number of aryl methyl sites for hydroxylation is 1. The number of nitrogens with one attached hydrogen (secondary N) is 2. The first-order chi connectivity index (χ1) is 14.9. The van der Waals surface area contributed by atoms with Gasteiger partial charge in [-0.3, -0.25) is 14.5 Å². The second kappa shape index (κ2) is 9.12. The normalized spacial score (nSPS) is 28.1. The average molecular weight is 433 g/mol. The number of likely N-dealkylation sites (N-methyl/N-ethyl adjacent to an activating group) is 1. The van der Waals surface area contributed by atoms with E-state index in [1.54, 1.807) is 18.0 Å². The molecule has 1 aromatic carbocycles. The number of aliphatic hydroxyl groups excluding tert-OH is 1. The molecule has 170 valence electrons. The second-order valence-electron chi connectivity index (χ2n) is 9.25. The fraction of sp³-hybridized carbons (Fsp3) is 0.652. The highest BCUT2D eigenvalue weighted by atomic mass is 19.1. The van der Waals surface area contributed by atoms with Crippen molar-refractivity contribution in [1.82, 2.24) is 15.1 Å². The van der Waals surface area contributed by atoms with Crippen molar-refractivity contribution >= 4 is 17.5 Å². The van der Waals surface area contributed by atoms with Gasteiger partial charge < -0.3 is 20.6 Å². The summed E-state index contributed by atoms with van der Waals surface area (Å²) in [6.07, 6.45) is 5.27. The van der Waals surface area contributed by atoms with E-state index in [-0.39, 0.29) is 29.7 Å². The van der Waals surface area contributed by atoms with Gasteiger partial charge in [0.2, 0.25) is 11.8 Å². The molecule has 1 aromatic rings. The summed E-state index contributed by atoms with van der Waals surface area (Å²) in [5, 5.41) is 15.5. The highest BCUT2D eigenvalue weighted by molar-refractivity contribution is 5.88. The first kappa shape index (κ1) is 22.0. The number of anilines is 1. The number of rotatable bonds is 5. The molecule has 8 heteroatoms. The van der Waals surface area contributed by atoms with Gasteiger partial charge in [0.15, 0.2) is 0 Å². The molecule has 4 rings (SSSR count). The molecule has 1 saturated carbocycles. The van der Waals surface area contributed by atoms with Crippen molar-refractivity contribution in [3.05, 3.63) is 29.1 Å². The Kier molecular flexibility index (Phi) is 6.48. The molecule has 1 saturated heterocycles.